The summed E-state index contributed by atoms with van der Waals surface area (Å²) in [5.74, 6) is -0.317. The molecule has 0 bridgehead atoms. The second-order valence-corrected chi connectivity index (χ2v) is 6.07. The van der Waals surface area contributed by atoms with E-state index >= 15 is 0 Å². The highest BCUT2D eigenvalue weighted by Crippen LogP contribution is 2.29. The highest BCUT2D eigenvalue weighted by Gasteiger charge is 2.18. The molecule has 0 saturated carbocycles. The zero-order valence-electron chi connectivity index (χ0n) is 13.4. The fourth-order valence-corrected chi connectivity index (χ4v) is 3.24. The van der Waals surface area contributed by atoms with Gasteiger partial charge in [0.2, 0.25) is 5.76 Å². The number of fused-ring (bicyclic) bond motifs is 3. The number of aryl methyl sites for hydroxylation is 1. The largest absolute Gasteiger partial charge is 0.486 e. The molecule has 25 heavy (non-hydrogen) atoms. The minimum absolute atomic E-state index is 0.0912. The molecule has 0 fully saturated rings. The third kappa shape index (κ3) is 2.91. The summed E-state index contributed by atoms with van der Waals surface area (Å²) in [7, 11) is 0. The van der Waals surface area contributed by atoms with Gasteiger partial charge in [-0.05, 0) is 55.5 Å². The number of aromatic carboxylic acids is 1. The first-order chi connectivity index (χ1) is 12.1. The van der Waals surface area contributed by atoms with Crippen LogP contribution in [0.3, 0.4) is 0 Å². The average Bonchev–Trinajstić information content (AvgIpc) is 3.09. The van der Waals surface area contributed by atoms with Gasteiger partial charge in [0.1, 0.15) is 23.7 Å². The summed E-state index contributed by atoms with van der Waals surface area (Å²) < 4.78 is 16.2. The maximum atomic E-state index is 12.2. The summed E-state index contributed by atoms with van der Waals surface area (Å²) in [6.07, 6.45) is 3.76. The van der Waals surface area contributed by atoms with Gasteiger partial charge in [0.25, 0.3) is 0 Å². The van der Waals surface area contributed by atoms with Crippen LogP contribution in [0.4, 0.5) is 0 Å². The van der Waals surface area contributed by atoms with Crippen molar-refractivity contribution in [2.75, 3.05) is 0 Å². The number of rotatable bonds is 4. The first kappa shape index (κ1) is 15.5. The molecule has 1 aliphatic carbocycles. The van der Waals surface area contributed by atoms with E-state index in [2.05, 4.69) is 0 Å². The normalized spacial score (nSPS) is 13.6. The minimum Gasteiger partial charge on any atom is -0.486 e. The minimum atomic E-state index is -1.12. The summed E-state index contributed by atoms with van der Waals surface area (Å²) >= 11 is 0. The molecule has 1 aliphatic rings. The lowest BCUT2D eigenvalue weighted by Gasteiger charge is -2.16. The molecule has 128 valence electrons. The van der Waals surface area contributed by atoms with Crippen molar-refractivity contribution in [2.24, 2.45) is 0 Å². The number of benzene rings is 1. The van der Waals surface area contributed by atoms with Crippen LogP contribution in [0.1, 0.15) is 40.3 Å². The van der Waals surface area contributed by atoms with Gasteiger partial charge in [0, 0.05) is 17.0 Å². The van der Waals surface area contributed by atoms with E-state index < -0.39 is 5.97 Å². The predicted octanol–water partition coefficient (Wildman–Crippen LogP) is 3.54. The number of furan rings is 1. The van der Waals surface area contributed by atoms with Crippen molar-refractivity contribution in [3.63, 3.8) is 0 Å². The van der Waals surface area contributed by atoms with Gasteiger partial charge in [-0.25, -0.2) is 9.59 Å². The lowest BCUT2D eigenvalue weighted by molar-refractivity contribution is 0.0658. The van der Waals surface area contributed by atoms with Crippen molar-refractivity contribution in [3.8, 4) is 5.75 Å². The van der Waals surface area contributed by atoms with Gasteiger partial charge in [-0.2, -0.15) is 0 Å². The van der Waals surface area contributed by atoms with Gasteiger partial charge in [0.05, 0.1) is 0 Å². The fourth-order valence-electron chi connectivity index (χ4n) is 3.24. The van der Waals surface area contributed by atoms with E-state index in [1.165, 1.54) is 6.07 Å². The zero-order chi connectivity index (χ0) is 17.4. The summed E-state index contributed by atoms with van der Waals surface area (Å²) in [5, 5.41) is 9.80. The van der Waals surface area contributed by atoms with Crippen LogP contribution < -0.4 is 10.4 Å². The van der Waals surface area contributed by atoms with Crippen molar-refractivity contribution in [1.29, 1.82) is 0 Å². The molecule has 2 aromatic heterocycles. The molecule has 0 saturated heterocycles. The molecular weight excluding hydrogens is 324 g/mol. The van der Waals surface area contributed by atoms with Crippen molar-refractivity contribution in [3.05, 3.63) is 63.4 Å². The second kappa shape index (κ2) is 6.12. The van der Waals surface area contributed by atoms with Gasteiger partial charge in [0.15, 0.2) is 0 Å². The van der Waals surface area contributed by atoms with Crippen LogP contribution in [0.15, 0.2) is 44.0 Å². The fraction of sp³-hybridized carbons (Fsp3) is 0.263. The molecule has 0 amide bonds. The van der Waals surface area contributed by atoms with Crippen LogP contribution in [-0.2, 0) is 19.4 Å². The maximum Gasteiger partial charge on any atom is 0.371 e. The molecule has 6 nitrogen and oxygen atoms in total. The van der Waals surface area contributed by atoms with E-state index in [0.29, 0.717) is 17.1 Å². The standard InChI is InChI=1S/C19H16O6/c20-18(21)16-8-6-12(24-16)10-23-11-5-7-14-13-3-1-2-4-15(13)19(22)25-17(14)9-11/h5-9H,1-4,10H2,(H,20,21). The molecule has 0 unspecified atom stereocenters. The molecular formula is C19H16O6. The van der Waals surface area contributed by atoms with Gasteiger partial charge in [-0.3, -0.25) is 0 Å². The number of hydrogen-bond donors (Lipinski definition) is 1. The highest BCUT2D eigenvalue weighted by molar-refractivity contribution is 5.84. The monoisotopic (exact) mass is 340 g/mol. The average molecular weight is 340 g/mol. The Balaban J connectivity index is 1.60. The Morgan fingerprint density at radius 2 is 1.88 bits per heavy atom. The van der Waals surface area contributed by atoms with E-state index in [9.17, 15) is 9.59 Å². The van der Waals surface area contributed by atoms with Crippen molar-refractivity contribution < 1.29 is 23.5 Å². The molecule has 3 aromatic rings. The predicted molar refractivity (Wildman–Crippen MR) is 89.1 cm³/mol. The number of carboxylic acids is 1. The zero-order valence-corrected chi connectivity index (χ0v) is 13.4. The van der Waals surface area contributed by atoms with Crippen LogP contribution >= 0.6 is 0 Å². The van der Waals surface area contributed by atoms with Crippen molar-refractivity contribution >= 4 is 16.9 Å². The second-order valence-electron chi connectivity index (χ2n) is 6.07. The number of carboxylic acid groups (broad SMARTS) is 1. The molecule has 6 heteroatoms. The van der Waals surface area contributed by atoms with E-state index in [-0.39, 0.29) is 18.0 Å². The Hall–Kier alpha value is -3.02. The first-order valence-corrected chi connectivity index (χ1v) is 8.15. The maximum absolute atomic E-state index is 12.2. The molecule has 1 N–H and O–H groups in total. The summed E-state index contributed by atoms with van der Waals surface area (Å²) in [4.78, 5) is 23.0. The summed E-state index contributed by atoms with van der Waals surface area (Å²) in [6, 6.07) is 8.35. The Morgan fingerprint density at radius 1 is 1.08 bits per heavy atom. The molecule has 0 radical (unpaired) electrons. The number of ether oxygens (including phenoxy) is 1. The van der Waals surface area contributed by atoms with Crippen LogP contribution in [0.5, 0.6) is 5.75 Å². The van der Waals surface area contributed by atoms with Gasteiger partial charge >= 0.3 is 11.6 Å². The molecule has 2 heterocycles. The Bertz CT molecular complexity index is 1010. The van der Waals surface area contributed by atoms with Crippen molar-refractivity contribution in [1.82, 2.24) is 0 Å². The summed E-state index contributed by atoms with van der Waals surface area (Å²) in [5.41, 5.74) is 2.12. The highest BCUT2D eigenvalue weighted by atomic mass is 16.5. The Kier molecular flexibility index (Phi) is 3.80. The summed E-state index contributed by atoms with van der Waals surface area (Å²) in [6.45, 7) is 0.0912. The smallest absolute Gasteiger partial charge is 0.371 e. The van der Waals surface area contributed by atoms with Gasteiger partial charge < -0.3 is 18.7 Å². The molecule has 0 atom stereocenters. The van der Waals surface area contributed by atoms with Crippen LogP contribution in [0, 0.1) is 0 Å². The number of hydrogen-bond acceptors (Lipinski definition) is 5. The van der Waals surface area contributed by atoms with E-state index in [1.807, 2.05) is 12.1 Å². The Labute approximate surface area is 142 Å². The molecule has 4 rings (SSSR count). The SMILES string of the molecule is O=C(O)c1ccc(COc2ccc3c4c(c(=O)oc3c2)CCCC4)o1. The quantitative estimate of drug-likeness (QED) is 0.731. The molecule has 1 aromatic carbocycles. The number of carbonyl (C=O) groups is 1. The topological polar surface area (TPSA) is 89.9 Å². The molecule has 0 spiro atoms. The van der Waals surface area contributed by atoms with Crippen LogP contribution in [0.2, 0.25) is 0 Å². The van der Waals surface area contributed by atoms with Gasteiger partial charge in [-0.15, -0.1) is 0 Å². The van der Waals surface area contributed by atoms with E-state index in [1.54, 1.807) is 12.1 Å². The van der Waals surface area contributed by atoms with Crippen LogP contribution in [-0.4, -0.2) is 11.1 Å². The van der Waals surface area contributed by atoms with Crippen LogP contribution in [0.25, 0.3) is 11.0 Å². The van der Waals surface area contributed by atoms with E-state index in [4.69, 9.17) is 18.7 Å². The van der Waals surface area contributed by atoms with E-state index in [0.717, 1.165) is 42.2 Å². The Morgan fingerprint density at radius 3 is 2.64 bits per heavy atom. The lowest BCUT2D eigenvalue weighted by atomic mass is 9.91. The molecule has 0 aliphatic heterocycles. The third-order valence-corrected chi connectivity index (χ3v) is 4.45. The first-order valence-electron chi connectivity index (χ1n) is 8.15. The third-order valence-electron chi connectivity index (χ3n) is 4.45. The van der Waals surface area contributed by atoms with Gasteiger partial charge in [-0.1, -0.05) is 0 Å². The lowest BCUT2D eigenvalue weighted by Crippen LogP contribution is -2.15. The van der Waals surface area contributed by atoms with Crippen molar-refractivity contribution in [2.45, 2.75) is 32.3 Å².